The molecule has 0 aliphatic carbocycles. The molecule has 4 nitrogen and oxygen atoms in total. The molecule has 0 bridgehead atoms. The van der Waals surface area contributed by atoms with Crippen LogP contribution in [0.1, 0.15) is 6.92 Å². The van der Waals surface area contributed by atoms with Crippen molar-refractivity contribution in [3.63, 3.8) is 0 Å². The molecular formula is C13H17NO3. The van der Waals surface area contributed by atoms with Crippen LogP contribution in [0.5, 0.6) is 17.2 Å². The number of rotatable bonds is 6. The molecule has 1 aromatic rings. The molecule has 4 heteroatoms. The van der Waals surface area contributed by atoms with E-state index in [1.54, 1.807) is 25.3 Å². The number of hydrogen-bond donors (Lipinski definition) is 1. The molecule has 0 aliphatic heterocycles. The third-order valence-electron chi connectivity index (χ3n) is 2.12. The van der Waals surface area contributed by atoms with Crippen LogP contribution in [-0.2, 0) is 0 Å². The normalized spacial score (nSPS) is 11.4. The first-order valence-corrected chi connectivity index (χ1v) is 5.32. The Hall–Kier alpha value is -1.86. The lowest BCUT2D eigenvalue weighted by molar-refractivity contribution is 0.228. The fraction of sp³-hybridized carbons (Fsp3) is 0.385. The minimum atomic E-state index is -0.0443. The van der Waals surface area contributed by atoms with E-state index in [2.05, 4.69) is 5.92 Å². The molecule has 0 aliphatic rings. The van der Waals surface area contributed by atoms with Crippen molar-refractivity contribution in [2.24, 2.45) is 5.73 Å². The Morgan fingerprint density at radius 3 is 2.76 bits per heavy atom. The second kappa shape index (κ2) is 6.66. The third kappa shape index (κ3) is 3.89. The van der Waals surface area contributed by atoms with Gasteiger partial charge in [0.2, 0.25) is 0 Å². The van der Waals surface area contributed by atoms with Crippen LogP contribution >= 0.6 is 0 Å². The highest BCUT2D eigenvalue weighted by molar-refractivity contribution is 5.45. The molecule has 1 atom stereocenters. The van der Waals surface area contributed by atoms with E-state index in [0.717, 1.165) is 0 Å². The van der Waals surface area contributed by atoms with Gasteiger partial charge in [0.15, 0.2) is 11.5 Å². The molecule has 17 heavy (non-hydrogen) atoms. The Kier molecular flexibility index (Phi) is 5.18. The summed E-state index contributed by atoms with van der Waals surface area (Å²) in [6, 6.07) is 5.30. The van der Waals surface area contributed by atoms with Gasteiger partial charge in [0.05, 0.1) is 7.11 Å². The van der Waals surface area contributed by atoms with Crippen molar-refractivity contribution in [3.8, 4) is 29.6 Å². The summed E-state index contributed by atoms with van der Waals surface area (Å²) in [7, 11) is 1.56. The summed E-state index contributed by atoms with van der Waals surface area (Å²) in [5.41, 5.74) is 5.48. The van der Waals surface area contributed by atoms with Crippen molar-refractivity contribution < 1.29 is 14.2 Å². The van der Waals surface area contributed by atoms with E-state index in [9.17, 15) is 0 Å². The lowest BCUT2D eigenvalue weighted by Crippen LogP contribution is -2.22. The van der Waals surface area contributed by atoms with E-state index in [1.165, 1.54) is 0 Å². The average molecular weight is 235 g/mol. The molecule has 0 heterocycles. The van der Waals surface area contributed by atoms with Gasteiger partial charge in [0.1, 0.15) is 18.5 Å². The van der Waals surface area contributed by atoms with Crippen LogP contribution < -0.4 is 19.9 Å². The smallest absolute Gasteiger partial charge is 0.164 e. The molecule has 0 amide bonds. The van der Waals surface area contributed by atoms with E-state index in [-0.39, 0.29) is 12.7 Å². The Morgan fingerprint density at radius 2 is 2.18 bits per heavy atom. The quantitative estimate of drug-likeness (QED) is 0.758. The lowest BCUT2D eigenvalue weighted by Gasteiger charge is -2.15. The van der Waals surface area contributed by atoms with Crippen molar-refractivity contribution in [2.75, 3.05) is 20.3 Å². The number of nitrogens with two attached hydrogens (primary N) is 1. The number of ether oxygens (including phenoxy) is 3. The van der Waals surface area contributed by atoms with Crippen LogP contribution in [0, 0.1) is 12.3 Å². The summed E-state index contributed by atoms with van der Waals surface area (Å²) in [5, 5.41) is 0. The Morgan fingerprint density at radius 1 is 1.41 bits per heavy atom. The van der Waals surface area contributed by atoms with Crippen LogP contribution in [0.15, 0.2) is 18.2 Å². The maximum Gasteiger partial charge on any atom is 0.164 e. The highest BCUT2D eigenvalue weighted by Crippen LogP contribution is 2.31. The van der Waals surface area contributed by atoms with Crippen molar-refractivity contribution in [1.82, 2.24) is 0 Å². The molecule has 0 aromatic heterocycles. The van der Waals surface area contributed by atoms with Gasteiger partial charge in [0, 0.05) is 12.6 Å². The zero-order chi connectivity index (χ0) is 12.7. The lowest BCUT2D eigenvalue weighted by atomic mass is 10.3. The SMILES string of the molecule is C#CCOc1ccc(O[C@H](C)CN)cc1OC. The second-order valence-corrected chi connectivity index (χ2v) is 3.47. The van der Waals surface area contributed by atoms with E-state index in [1.807, 2.05) is 6.92 Å². The Bertz CT molecular complexity index is 398. The van der Waals surface area contributed by atoms with Gasteiger partial charge in [-0.05, 0) is 19.1 Å². The predicted molar refractivity (Wildman–Crippen MR) is 66.5 cm³/mol. The molecule has 2 N–H and O–H groups in total. The van der Waals surface area contributed by atoms with Crippen molar-refractivity contribution in [2.45, 2.75) is 13.0 Å². The molecular weight excluding hydrogens is 218 g/mol. The zero-order valence-electron chi connectivity index (χ0n) is 10.1. The van der Waals surface area contributed by atoms with Crippen LogP contribution in [0.4, 0.5) is 0 Å². The van der Waals surface area contributed by atoms with E-state index in [0.29, 0.717) is 23.8 Å². The van der Waals surface area contributed by atoms with Crippen LogP contribution in [0.25, 0.3) is 0 Å². The third-order valence-corrected chi connectivity index (χ3v) is 2.12. The summed E-state index contributed by atoms with van der Waals surface area (Å²) >= 11 is 0. The van der Waals surface area contributed by atoms with E-state index in [4.69, 9.17) is 26.4 Å². The molecule has 0 unspecified atom stereocenters. The summed E-state index contributed by atoms with van der Waals surface area (Å²) < 4.78 is 16.1. The maximum atomic E-state index is 5.56. The van der Waals surface area contributed by atoms with Gasteiger partial charge in [-0.15, -0.1) is 6.42 Å². The first-order chi connectivity index (χ1) is 8.21. The van der Waals surface area contributed by atoms with Gasteiger partial charge < -0.3 is 19.9 Å². The van der Waals surface area contributed by atoms with Gasteiger partial charge in [-0.3, -0.25) is 0 Å². The Balaban J connectivity index is 2.81. The minimum Gasteiger partial charge on any atom is -0.493 e. The summed E-state index contributed by atoms with van der Waals surface area (Å²) in [4.78, 5) is 0. The van der Waals surface area contributed by atoms with Crippen LogP contribution in [-0.4, -0.2) is 26.4 Å². The van der Waals surface area contributed by atoms with Gasteiger partial charge in [-0.1, -0.05) is 5.92 Å². The van der Waals surface area contributed by atoms with Crippen molar-refractivity contribution >= 4 is 0 Å². The van der Waals surface area contributed by atoms with Crippen LogP contribution in [0.2, 0.25) is 0 Å². The first-order valence-electron chi connectivity index (χ1n) is 5.32. The molecule has 0 radical (unpaired) electrons. The van der Waals surface area contributed by atoms with Crippen molar-refractivity contribution in [3.05, 3.63) is 18.2 Å². The largest absolute Gasteiger partial charge is 0.493 e. The van der Waals surface area contributed by atoms with E-state index >= 15 is 0 Å². The maximum absolute atomic E-state index is 5.56. The topological polar surface area (TPSA) is 53.7 Å². The summed E-state index contributed by atoms with van der Waals surface area (Å²) in [6.07, 6.45) is 5.08. The molecule has 1 rings (SSSR count). The van der Waals surface area contributed by atoms with Crippen LogP contribution in [0.3, 0.4) is 0 Å². The molecule has 0 saturated carbocycles. The molecule has 92 valence electrons. The van der Waals surface area contributed by atoms with E-state index < -0.39 is 0 Å². The second-order valence-electron chi connectivity index (χ2n) is 3.47. The van der Waals surface area contributed by atoms with Crippen molar-refractivity contribution in [1.29, 1.82) is 0 Å². The van der Waals surface area contributed by atoms with Gasteiger partial charge in [0.25, 0.3) is 0 Å². The molecule has 0 fully saturated rings. The number of terminal acetylenes is 1. The fourth-order valence-electron chi connectivity index (χ4n) is 1.24. The zero-order valence-corrected chi connectivity index (χ0v) is 10.1. The number of hydrogen-bond acceptors (Lipinski definition) is 4. The number of benzene rings is 1. The minimum absolute atomic E-state index is 0.0443. The first kappa shape index (κ1) is 13.2. The molecule has 1 aromatic carbocycles. The average Bonchev–Trinajstić information content (AvgIpc) is 2.36. The van der Waals surface area contributed by atoms with Gasteiger partial charge >= 0.3 is 0 Å². The Labute approximate surface area is 102 Å². The standard InChI is InChI=1S/C13H17NO3/c1-4-7-16-12-6-5-11(8-13(12)15-3)17-10(2)9-14/h1,5-6,8,10H,7,9,14H2,2-3H3/t10-/m1/s1. The van der Waals surface area contributed by atoms with Gasteiger partial charge in [-0.25, -0.2) is 0 Å². The molecule has 0 saturated heterocycles. The number of methoxy groups -OCH3 is 1. The summed E-state index contributed by atoms with van der Waals surface area (Å²) in [6.45, 7) is 2.56. The highest BCUT2D eigenvalue weighted by Gasteiger charge is 2.08. The molecule has 0 spiro atoms. The summed E-state index contributed by atoms with van der Waals surface area (Å²) in [5.74, 6) is 4.27. The highest BCUT2D eigenvalue weighted by atomic mass is 16.5. The monoisotopic (exact) mass is 235 g/mol. The predicted octanol–water partition coefficient (Wildman–Crippen LogP) is 1.43. The van der Waals surface area contributed by atoms with Gasteiger partial charge in [-0.2, -0.15) is 0 Å². The fourth-order valence-corrected chi connectivity index (χ4v) is 1.24.